The van der Waals surface area contributed by atoms with Gasteiger partial charge in [-0.15, -0.1) is 0 Å². The van der Waals surface area contributed by atoms with Gasteiger partial charge >= 0.3 is 5.97 Å². The van der Waals surface area contributed by atoms with E-state index in [-0.39, 0.29) is 29.6 Å². The van der Waals surface area contributed by atoms with Crippen LogP contribution in [0.1, 0.15) is 28.6 Å². The monoisotopic (exact) mass is 393 g/mol. The quantitative estimate of drug-likeness (QED) is 0.610. The van der Waals surface area contributed by atoms with Gasteiger partial charge in [-0.05, 0) is 49.4 Å². The average molecular weight is 393 g/mol. The Morgan fingerprint density at radius 2 is 2.10 bits per heavy atom. The van der Waals surface area contributed by atoms with Crippen molar-refractivity contribution < 1.29 is 23.4 Å². The molecule has 146 valence electrons. The Hall–Kier alpha value is -3.94. The molecule has 0 amide bonds. The van der Waals surface area contributed by atoms with Gasteiger partial charge in [-0.25, -0.2) is 19.2 Å². The van der Waals surface area contributed by atoms with E-state index in [0.717, 1.165) is 5.56 Å². The fourth-order valence-electron chi connectivity index (χ4n) is 2.86. The zero-order chi connectivity index (χ0) is 20.4. The van der Waals surface area contributed by atoms with Gasteiger partial charge in [0.05, 0.1) is 6.61 Å². The zero-order valence-electron chi connectivity index (χ0n) is 15.3. The molecule has 4 rings (SSSR count). The van der Waals surface area contributed by atoms with Crippen LogP contribution < -0.4 is 5.32 Å². The number of aliphatic imine (C=N–C) groups is 1. The summed E-state index contributed by atoms with van der Waals surface area (Å²) in [5.41, 5.74) is 1.76. The van der Waals surface area contributed by atoms with E-state index < -0.39 is 11.8 Å². The van der Waals surface area contributed by atoms with E-state index in [1.165, 1.54) is 24.3 Å². The lowest BCUT2D eigenvalue weighted by atomic mass is 10.1. The molecule has 0 fully saturated rings. The Bertz CT molecular complexity index is 1130. The number of halogens is 1. The number of carbonyl (C=O) groups is 1. The second kappa shape index (κ2) is 7.59. The number of hydrogen-bond acceptors (Lipinski definition) is 7. The van der Waals surface area contributed by atoms with Crippen molar-refractivity contribution in [2.24, 2.45) is 4.99 Å². The van der Waals surface area contributed by atoms with E-state index in [4.69, 9.17) is 9.15 Å². The first-order chi connectivity index (χ1) is 14.1. The van der Waals surface area contributed by atoms with Crippen molar-refractivity contribution in [2.75, 3.05) is 11.9 Å². The van der Waals surface area contributed by atoms with Gasteiger partial charge in [-0.3, -0.25) is 0 Å². The fraction of sp³-hybridized carbons (Fsp3) is 0.0952. The van der Waals surface area contributed by atoms with Crippen molar-refractivity contribution >= 4 is 41.2 Å². The third-order valence-electron chi connectivity index (χ3n) is 4.20. The van der Waals surface area contributed by atoms with Gasteiger partial charge in [0, 0.05) is 29.2 Å². The van der Waals surface area contributed by atoms with Crippen LogP contribution in [-0.4, -0.2) is 28.9 Å². The third kappa shape index (κ3) is 3.60. The summed E-state index contributed by atoms with van der Waals surface area (Å²) in [5, 5.41) is 13.5. The Balaban J connectivity index is 1.76. The summed E-state index contributed by atoms with van der Waals surface area (Å²) in [6.45, 7) is 1.78. The highest BCUT2D eigenvalue weighted by atomic mass is 19.1. The third-order valence-corrected chi connectivity index (χ3v) is 4.20. The smallest absolute Gasteiger partial charge is 0.347 e. The lowest BCUT2D eigenvalue weighted by molar-refractivity contribution is 0.0524. The van der Waals surface area contributed by atoms with E-state index in [0.29, 0.717) is 17.1 Å². The number of nitrogens with one attached hydrogen (secondary N) is 1. The normalized spacial score (nSPS) is 13.5. The Labute approximate surface area is 165 Å². The first-order valence-corrected chi connectivity index (χ1v) is 8.83. The molecule has 0 atom stereocenters. The molecule has 1 aliphatic heterocycles. The molecule has 0 unspecified atom stereocenters. The standard InChI is InChI=1S/C21H16FN3O4/c1-2-28-21(27)17-18(26)16(10-12-11-24-19-15(12)4-3-9-23-19)29-20(17)25-14-7-5-13(22)6-8-14/h3-11,25-26H,2H2,1H3. The Kier molecular flexibility index (Phi) is 4.82. The van der Waals surface area contributed by atoms with E-state index in [9.17, 15) is 14.3 Å². The molecule has 2 N–H and O–H groups in total. The number of aromatic hydroxyl groups is 1. The lowest BCUT2D eigenvalue weighted by Crippen LogP contribution is -2.06. The molecule has 0 saturated heterocycles. The van der Waals surface area contributed by atoms with Gasteiger partial charge in [-0.2, -0.15) is 0 Å². The van der Waals surface area contributed by atoms with Crippen LogP contribution in [-0.2, 0) is 4.74 Å². The average Bonchev–Trinajstić information content (AvgIpc) is 3.25. The van der Waals surface area contributed by atoms with Crippen LogP contribution in [0.3, 0.4) is 0 Å². The lowest BCUT2D eigenvalue weighted by Gasteiger charge is -2.05. The van der Waals surface area contributed by atoms with Gasteiger partial charge in [0.2, 0.25) is 5.88 Å². The molecule has 3 heterocycles. The van der Waals surface area contributed by atoms with Crippen LogP contribution in [0.4, 0.5) is 21.8 Å². The second-order valence-corrected chi connectivity index (χ2v) is 6.10. The SMILES string of the molecule is CCOC(=O)c1c(Nc2ccc(F)cc2)oc(C=C2C=Nc3ncccc32)c1O. The minimum Gasteiger partial charge on any atom is -0.504 e. The molecule has 3 aromatic rings. The summed E-state index contributed by atoms with van der Waals surface area (Å²) in [5.74, 6) is -0.921. The molecule has 0 saturated carbocycles. The van der Waals surface area contributed by atoms with Crippen LogP contribution in [0.5, 0.6) is 5.75 Å². The maximum atomic E-state index is 13.2. The van der Waals surface area contributed by atoms with Crippen molar-refractivity contribution in [3.8, 4) is 5.75 Å². The van der Waals surface area contributed by atoms with E-state index >= 15 is 0 Å². The summed E-state index contributed by atoms with van der Waals surface area (Å²) in [6.07, 6.45) is 4.79. The molecule has 1 aromatic carbocycles. The number of carbonyl (C=O) groups excluding carboxylic acids is 1. The number of pyridine rings is 1. The highest BCUT2D eigenvalue weighted by molar-refractivity contribution is 6.21. The minimum atomic E-state index is -0.745. The van der Waals surface area contributed by atoms with E-state index in [1.807, 2.05) is 6.07 Å². The van der Waals surface area contributed by atoms with Crippen LogP contribution >= 0.6 is 0 Å². The highest BCUT2D eigenvalue weighted by Gasteiger charge is 2.27. The van der Waals surface area contributed by atoms with Crippen molar-refractivity contribution in [1.82, 2.24) is 4.98 Å². The van der Waals surface area contributed by atoms with Crippen molar-refractivity contribution in [3.05, 3.63) is 65.3 Å². The summed E-state index contributed by atoms with van der Waals surface area (Å²) in [7, 11) is 0. The highest BCUT2D eigenvalue weighted by Crippen LogP contribution is 2.39. The number of anilines is 2. The number of rotatable bonds is 5. The molecule has 0 spiro atoms. The molecule has 7 nitrogen and oxygen atoms in total. The Morgan fingerprint density at radius 3 is 2.86 bits per heavy atom. The van der Waals surface area contributed by atoms with Crippen molar-refractivity contribution in [3.63, 3.8) is 0 Å². The molecule has 0 aliphatic carbocycles. The topological polar surface area (TPSA) is 97.0 Å². The summed E-state index contributed by atoms with van der Waals surface area (Å²) >= 11 is 0. The molecular formula is C21H16FN3O4. The van der Waals surface area contributed by atoms with Crippen LogP contribution in [0, 0.1) is 5.82 Å². The van der Waals surface area contributed by atoms with Gasteiger partial charge in [0.1, 0.15) is 5.82 Å². The van der Waals surface area contributed by atoms with Crippen molar-refractivity contribution in [1.29, 1.82) is 0 Å². The van der Waals surface area contributed by atoms with Gasteiger partial charge in [0.15, 0.2) is 22.9 Å². The number of furan rings is 1. The molecule has 0 bridgehead atoms. The number of nitrogens with zero attached hydrogens (tertiary/aromatic N) is 2. The zero-order valence-corrected chi connectivity index (χ0v) is 15.3. The van der Waals surface area contributed by atoms with Crippen LogP contribution in [0.15, 0.2) is 52.0 Å². The minimum absolute atomic E-state index is 0.0132. The number of esters is 1. The predicted octanol–water partition coefficient (Wildman–Crippen LogP) is 4.70. The van der Waals surface area contributed by atoms with E-state index in [1.54, 1.807) is 31.5 Å². The van der Waals surface area contributed by atoms with Crippen molar-refractivity contribution in [2.45, 2.75) is 6.92 Å². The second-order valence-electron chi connectivity index (χ2n) is 6.10. The number of allylic oxidation sites excluding steroid dienone is 1. The van der Waals surface area contributed by atoms with Gasteiger partial charge in [0.25, 0.3) is 0 Å². The van der Waals surface area contributed by atoms with Gasteiger partial charge < -0.3 is 19.6 Å². The Morgan fingerprint density at radius 1 is 1.31 bits per heavy atom. The molecule has 0 radical (unpaired) electrons. The largest absolute Gasteiger partial charge is 0.504 e. The molecule has 1 aliphatic rings. The van der Waals surface area contributed by atoms with Gasteiger partial charge in [-0.1, -0.05) is 0 Å². The summed E-state index contributed by atoms with van der Waals surface area (Å²) < 4.78 is 23.9. The molecule has 8 heteroatoms. The molecular weight excluding hydrogens is 377 g/mol. The fourth-order valence-corrected chi connectivity index (χ4v) is 2.86. The summed E-state index contributed by atoms with van der Waals surface area (Å²) in [6, 6.07) is 9.09. The predicted molar refractivity (Wildman–Crippen MR) is 106 cm³/mol. The number of aromatic nitrogens is 1. The van der Waals surface area contributed by atoms with Crippen LogP contribution in [0.25, 0.3) is 11.6 Å². The maximum Gasteiger partial charge on any atom is 0.347 e. The molecule has 29 heavy (non-hydrogen) atoms. The van der Waals surface area contributed by atoms with Crippen LogP contribution in [0.2, 0.25) is 0 Å². The van der Waals surface area contributed by atoms with E-state index in [2.05, 4.69) is 15.3 Å². The number of benzene rings is 1. The first-order valence-electron chi connectivity index (χ1n) is 8.83. The number of fused-ring (bicyclic) bond motifs is 1. The number of hydrogen-bond donors (Lipinski definition) is 2. The summed E-state index contributed by atoms with van der Waals surface area (Å²) in [4.78, 5) is 20.7. The molecule has 2 aromatic heterocycles. The first kappa shape index (κ1) is 18.4. The number of ether oxygens (including phenoxy) is 1. The maximum absolute atomic E-state index is 13.2.